The number of hydrogen-bond acceptors (Lipinski definition) is 13. The summed E-state index contributed by atoms with van der Waals surface area (Å²) in [6, 6.07) is 5.41. The summed E-state index contributed by atoms with van der Waals surface area (Å²) in [4.78, 5) is 72.4. The van der Waals surface area contributed by atoms with Gasteiger partial charge in [-0.2, -0.15) is 0 Å². The maximum absolute atomic E-state index is 12.9. The summed E-state index contributed by atoms with van der Waals surface area (Å²) in [6.07, 6.45) is 6.74. The third-order valence-corrected chi connectivity index (χ3v) is 11.0. The fraction of sp³-hybridized carbons (Fsp3) is 0.591. The molecule has 2 fully saturated rings. The first kappa shape index (κ1) is 52.0. The Morgan fingerprint density at radius 1 is 1.05 bits per heavy atom. The molecule has 6 amide bonds. The van der Waals surface area contributed by atoms with E-state index in [0.29, 0.717) is 37.1 Å². The Morgan fingerprint density at radius 2 is 1.76 bits per heavy atom. The number of aliphatic hydroxyl groups excluding tert-OH is 1. The number of methoxy groups -OCH3 is 1. The van der Waals surface area contributed by atoms with Crippen LogP contribution in [0.15, 0.2) is 60.2 Å². The molecule has 9 N–H and O–H groups in total. The van der Waals surface area contributed by atoms with Gasteiger partial charge in [0.2, 0.25) is 17.7 Å². The van der Waals surface area contributed by atoms with Crippen molar-refractivity contribution in [1.82, 2.24) is 26.8 Å². The van der Waals surface area contributed by atoms with E-state index in [0.717, 1.165) is 12.0 Å². The average molecular weight is 886 g/mol. The molecule has 2 aliphatic rings. The fourth-order valence-electron chi connectivity index (χ4n) is 7.23. The number of hydrazine groups is 1. The zero-order valence-corrected chi connectivity index (χ0v) is 37.6. The van der Waals surface area contributed by atoms with E-state index in [4.69, 9.17) is 29.4 Å². The molecule has 1 aromatic carbocycles. The van der Waals surface area contributed by atoms with Crippen LogP contribution in [0.3, 0.4) is 0 Å². The van der Waals surface area contributed by atoms with E-state index in [-0.39, 0.29) is 55.4 Å². The van der Waals surface area contributed by atoms with Crippen LogP contribution in [0, 0.1) is 5.92 Å². The number of nitrogens with two attached hydrogens (primary N) is 1. The molecule has 63 heavy (non-hydrogen) atoms. The molecule has 0 bridgehead atoms. The molecular weight excluding hydrogens is 819 g/mol. The molecule has 2 saturated heterocycles. The van der Waals surface area contributed by atoms with Crippen LogP contribution >= 0.6 is 0 Å². The van der Waals surface area contributed by atoms with Crippen LogP contribution in [-0.4, -0.2) is 116 Å². The van der Waals surface area contributed by atoms with Gasteiger partial charge in [-0.25, -0.2) is 15.0 Å². The first-order valence-electron chi connectivity index (χ1n) is 21.2. The minimum atomic E-state index is -1.03. The van der Waals surface area contributed by atoms with E-state index >= 15 is 0 Å². The number of esters is 1. The predicted octanol–water partition coefficient (Wildman–Crippen LogP) is 2.93. The maximum atomic E-state index is 12.9. The molecule has 0 radical (unpaired) electrons. The van der Waals surface area contributed by atoms with E-state index in [1.807, 2.05) is 26.0 Å². The van der Waals surface area contributed by atoms with Gasteiger partial charge < -0.3 is 55.8 Å². The summed E-state index contributed by atoms with van der Waals surface area (Å²) in [5, 5.41) is 22.4. The van der Waals surface area contributed by atoms with Crippen LogP contribution in [0.1, 0.15) is 85.6 Å². The van der Waals surface area contributed by atoms with Crippen molar-refractivity contribution in [1.29, 1.82) is 0 Å². The van der Waals surface area contributed by atoms with E-state index in [1.165, 1.54) is 26.2 Å². The number of ether oxygens (including phenoxy) is 5. The van der Waals surface area contributed by atoms with Crippen LogP contribution in [-0.2, 0) is 49.5 Å². The second kappa shape index (κ2) is 25.7. The highest BCUT2D eigenvalue weighted by atomic mass is 16.6. The second-order valence-electron chi connectivity index (χ2n) is 16.2. The molecule has 2 aliphatic heterocycles. The third kappa shape index (κ3) is 18.1. The first-order valence-corrected chi connectivity index (χ1v) is 21.2. The number of rotatable bonds is 20. The van der Waals surface area contributed by atoms with E-state index in [2.05, 4.69) is 39.0 Å². The number of primary amides is 1. The fourth-order valence-corrected chi connectivity index (χ4v) is 7.23. The van der Waals surface area contributed by atoms with Gasteiger partial charge >= 0.3 is 18.1 Å². The number of benzene rings is 1. The lowest BCUT2D eigenvalue weighted by molar-refractivity contribution is -0.207. The summed E-state index contributed by atoms with van der Waals surface area (Å²) in [6.45, 7) is 10.9. The molecule has 10 atom stereocenters. The van der Waals surface area contributed by atoms with Crippen LogP contribution in [0.2, 0.25) is 0 Å². The quantitative estimate of drug-likeness (QED) is 0.0308. The molecule has 19 nitrogen and oxygen atoms in total. The van der Waals surface area contributed by atoms with Crippen molar-refractivity contribution in [2.45, 2.75) is 141 Å². The lowest BCUT2D eigenvalue weighted by atomic mass is 9.84. The Balaban J connectivity index is 1.44. The zero-order valence-electron chi connectivity index (χ0n) is 37.6. The van der Waals surface area contributed by atoms with E-state index in [9.17, 15) is 33.9 Å². The smallest absolute Gasteiger partial charge is 0.426 e. The number of anilines is 1. The van der Waals surface area contributed by atoms with Crippen molar-refractivity contribution in [3.63, 3.8) is 0 Å². The molecule has 7 unspecified atom stereocenters. The second-order valence-corrected chi connectivity index (χ2v) is 16.2. The maximum Gasteiger partial charge on any atom is 0.426 e. The molecule has 1 aromatic rings. The van der Waals surface area contributed by atoms with Crippen molar-refractivity contribution < 1.29 is 57.6 Å². The van der Waals surface area contributed by atoms with Crippen LogP contribution in [0.4, 0.5) is 15.3 Å². The number of likely N-dealkylation sites (N-methyl/N-ethyl adjacent to an activating group) is 1. The largest absolute Gasteiger partial charge is 0.459 e. The number of amides is 6. The van der Waals surface area contributed by atoms with Gasteiger partial charge in [-0.1, -0.05) is 42.9 Å². The van der Waals surface area contributed by atoms with Crippen LogP contribution < -0.4 is 37.9 Å². The van der Waals surface area contributed by atoms with Gasteiger partial charge in [0.1, 0.15) is 24.9 Å². The van der Waals surface area contributed by atoms with Gasteiger partial charge in [0.15, 0.2) is 0 Å². The van der Waals surface area contributed by atoms with Gasteiger partial charge in [-0.05, 0) is 90.1 Å². The highest BCUT2D eigenvalue weighted by molar-refractivity contribution is 5.94. The Bertz CT molecular complexity index is 1790. The monoisotopic (exact) mass is 885 g/mol. The molecular formula is C44H67N7O12. The molecule has 0 saturated carbocycles. The van der Waals surface area contributed by atoms with Gasteiger partial charge in [0.25, 0.3) is 0 Å². The Kier molecular flexibility index (Phi) is 21.2. The van der Waals surface area contributed by atoms with Gasteiger partial charge in [-0.15, -0.1) is 0 Å². The van der Waals surface area contributed by atoms with Crippen LogP contribution in [0.25, 0.3) is 0 Å². The molecule has 350 valence electrons. The van der Waals surface area contributed by atoms with Crippen molar-refractivity contribution in [3.8, 4) is 0 Å². The first-order chi connectivity index (χ1) is 29.8. The minimum absolute atomic E-state index is 0.0832. The number of carbonyl (C=O) groups is 6. The number of hydrogen-bond donors (Lipinski definition) is 8. The highest BCUT2D eigenvalue weighted by Crippen LogP contribution is 2.34. The van der Waals surface area contributed by atoms with Gasteiger partial charge in [0.05, 0.1) is 42.4 Å². The Labute approximate surface area is 369 Å². The molecule has 2 heterocycles. The Hall–Kier alpha value is -5.34. The molecule has 3 rings (SSSR count). The number of carbonyl (C=O) groups excluding carboxylic acids is 6. The number of urea groups is 1. The summed E-state index contributed by atoms with van der Waals surface area (Å²) in [5.41, 5.74) is 10.7. The van der Waals surface area contributed by atoms with E-state index < -0.39 is 60.1 Å². The topological polar surface area (TPSA) is 267 Å². The van der Waals surface area contributed by atoms with Gasteiger partial charge in [-0.3, -0.25) is 24.6 Å². The number of allylic oxidation sites excluding steroid dienone is 2. The number of nitrogens with one attached hydrogen (secondary N) is 6. The Morgan fingerprint density at radius 3 is 2.41 bits per heavy atom. The van der Waals surface area contributed by atoms with Crippen molar-refractivity contribution in [2.75, 3.05) is 26.0 Å². The third-order valence-electron chi connectivity index (χ3n) is 11.0. The van der Waals surface area contributed by atoms with Crippen molar-refractivity contribution in [2.24, 2.45) is 11.7 Å². The SMILES string of the molecule is CNC(CCCNC(N)=O)C(=O)Nc1ccc(COC(=O)NNC(=O)C[C@@H]2CC(C)(OC)[C@H](O)C(/C=C/C(C)=C/C[C@@H]3OC(C)C(NC(=O)/C=C\C(C)OC(C)=O)CC3C)O2)cc1. The summed E-state index contributed by atoms with van der Waals surface area (Å²) in [5.74, 6) is -1.36. The van der Waals surface area contributed by atoms with Crippen molar-refractivity contribution in [3.05, 3.63) is 65.8 Å². The van der Waals surface area contributed by atoms with Crippen LogP contribution in [0.5, 0.6) is 0 Å². The van der Waals surface area contributed by atoms with Gasteiger partial charge in [0, 0.05) is 38.8 Å². The lowest BCUT2D eigenvalue weighted by Crippen LogP contribution is -2.57. The highest BCUT2D eigenvalue weighted by Gasteiger charge is 2.46. The molecule has 0 spiro atoms. The lowest BCUT2D eigenvalue weighted by Gasteiger charge is -2.44. The predicted molar refractivity (Wildman–Crippen MR) is 233 cm³/mol. The standard InChI is InChI=1S/C44H67N7O12/c1-26(11-18-36-27(2)22-35(29(4)62-36)49-38(53)20-13-28(3)61-30(5)52)12-19-37-40(55)44(6,59-8)24-33(63-37)23-39(54)50-51-43(58)60-25-31-14-16-32(17-15-31)48-41(56)34(46-7)10-9-21-47-42(45)57/h11-17,19-20,27-29,33-37,40,46,55H,9-10,18,21-25H2,1-8H3,(H,48,56)(H,49,53)(H,50,54)(H,51,58)(H3,45,47,57)/b19-12+,20-13-,26-11+/t27?,28?,29?,33-,34?,35?,36+,37?,40-,44?/m1/s1. The normalized spacial score (nSPS) is 26.0. The number of aliphatic hydroxyl groups is 1. The zero-order chi connectivity index (χ0) is 46.7. The summed E-state index contributed by atoms with van der Waals surface area (Å²) in [7, 11) is 3.15. The molecule has 0 aromatic heterocycles. The van der Waals surface area contributed by atoms with E-state index in [1.54, 1.807) is 51.2 Å². The summed E-state index contributed by atoms with van der Waals surface area (Å²) < 4.78 is 28.4. The summed E-state index contributed by atoms with van der Waals surface area (Å²) >= 11 is 0. The van der Waals surface area contributed by atoms with Crippen molar-refractivity contribution >= 4 is 41.5 Å². The molecule has 0 aliphatic carbocycles. The average Bonchev–Trinajstić information content (AvgIpc) is 3.22. The minimum Gasteiger partial charge on any atom is -0.459 e. The molecule has 19 heteroatoms.